The second-order valence-electron chi connectivity index (χ2n) is 7.96. The average Bonchev–Trinajstić information content (AvgIpc) is 2.95. The van der Waals surface area contributed by atoms with E-state index in [2.05, 4.69) is 10.1 Å². The zero-order chi connectivity index (χ0) is 18.8. The Labute approximate surface area is 149 Å². The topological polar surface area (TPSA) is 75.9 Å². The van der Waals surface area contributed by atoms with Crippen LogP contribution in [0.15, 0.2) is 10.6 Å². The quantitative estimate of drug-likeness (QED) is 0.776. The minimum absolute atomic E-state index is 0.0768. The van der Waals surface area contributed by atoms with Crippen LogP contribution >= 0.6 is 0 Å². The average molecular weight is 351 g/mol. The summed E-state index contributed by atoms with van der Waals surface area (Å²) in [6, 6.07) is 1.91. The van der Waals surface area contributed by atoms with Crippen LogP contribution in [0.2, 0.25) is 0 Å². The number of hydrogen-bond donors (Lipinski definition) is 0. The largest absolute Gasteiger partial charge is 0.444 e. The molecule has 7 nitrogen and oxygen atoms in total. The third kappa shape index (κ3) is 4.74. The smallest absolute Gasteiger partial charge is 0.410 e. The van der Waals surface area contributed by atoms with Gasteiger partial charge >= 0.3 is 6.09 Å². The van der Waals surface area contributed by atoms with E-state index >= 15 is 0 Å². The Balaban J connectivity index is 2.03. The van der Waals surface area contributed by atoms with Gasteiger partial charge in [-0.3, -0.25) is 0 Å². The summed E-state index contributed by atoms with van der Waals surface area (Å²) in [6.07, 6.45) is 0.611. The minimum Gasteiger partial charge on any atom is -0.444 e. The summed E-state index contributed by atoms with van der Waals surface area (Å²) < 4.78 is 10.8. The Morgan fingerprint density at radius 3 is 2.60 bits per heavy atom. The summed E-state index contributed by atoms with van der Waals surface area (Å²) in [5, 5.41) is 4.13. The second kappa shape index (κ2) is 7.45. The highest BCUT2D eigenvalue weighted by Gasteiger charge is 2.31. The van der Waals surface area contributed by atoms with Crippen molar-refractivity contribution in [3.63, 3.8) is 0 Å². The molecule has 0 spiro atoms. The predicted molar refractivity (Wildman–Crippen MR) is 94.8 cm³/mol. The number of rotatable bonds is 4. The van der Waals surface area contributed by atoms with Gasteiger partial charge in [0.2, 0.25) is 0 Å². The molecule has 2 heterocycles. The molecule has 1 aliphatic rings. The van der Waals surface area contributed by atoms with Crippen LogP contribution in [0.4, 0.5) is 10.6 Å². The van der Waals surface area contributed by atoms with E-state index in [4.69, 9.17) is 9.26 Å². The van der Waals surface area contributed by atoms with E-state index in [-0.39, 0.29) is 24.0 Å². The molecular weight excluding hydrogens is 322 g/mol. The lowest BCUT2D eigenvalue weighted by Crippen LogP contribution is -2.54. The number of nitrogens with zero attached hydrogens (tertiary/aromatic N) is 3. The van der Waals surface area contributed by atoms with Crippen LogP contribution in [0, 0.1) is 5.92 Å². The summed E-state index contributed by atoms with van der Waals surface area (Å²) in [7, 11) is 0. The molecule has 0 aromatic carbocycles. The highest BCUT2D eigenvalue weighted by atomic mass is 16.6. The monoisotopic (exact) mass is 351 g/mol. The van der Waals surface area contributed by atoms with Gasteiger partial charge in [-0.15, -0.1) is 0 Å². The molecule has 25 heavy (non-hydrogen) atoms. The van der Waals surface area contributed by atoms with E-state index in [1.54, 1.807) is 4.90 Å². The summed E-state index contributed by atoms with van der Waals surface area (Å²) in [6.45, 7) is 13.3. The molecule has 0 bridgehead atoms. The van der Waals surface area contributed by atoms with E-state index in [1.165, 1.54) is 0 Å². The Bertz CT molecular complexity index is 606. The van der Waals surface area contributed by atoms with Gasteiger partial charge in [0, 0.05) is 31.7 Å². The molecule has 1 saturated heterocycles. The molecule has 0 saturated carbocycles. The first kappa shape index (κ1) is 19.3. The fourth-order valence-electron chi connectivity index (χ4n) is 2.91. The van der Waals surface area contributed by atoms with Gasteiger partial charge in [-0.25, -0.2) is 4.79 Å². The molecule has 7 heteroatoms. The zero-order valence-electron chi connectivity index (χ0n) is 16.0. The van der Waals surface area contributed by atoms with Gasteiger partial charge in [0.25, 0.3) is 0 Å². The Hall–Kier alpha value is -2.05. The molecule has 2 rings (SSSR count). The van der Waals surface area contributed by atoms with Crippen LogP contribution in [-0.2, 0) is 9.53 Å². The highest BCUT2D eigenvalue weighted by molar-refractivity contribution is 5.69. The van der Waals surface area contributed by atoms with Gasteiger partial charge in [-0.1, -0.05) is 19.0 Å². The van der Waals surface area contributed by atoms with Crippen molar-refractivity contribution in [2.45, 2.75) is 59.1 Å². The lowest BCUT2D eigenvalue weighted by atomic mass is 9.95. The number of piperazine rings is 1. The standard InChI is InChI=1S/C18H29N3O4/c1-12(2)14(11-22)15-9-16(19-25-15)21-8-7-20(10-13(21)3)17(23)24-18(4,5)6/h9,11-14H,7-8,10H2,1-6H3. The molecule has 1 amide bonds. The number of carbonyl (C=O) groups excluding carboxylic acids is 2. The fourth-order valence-corrected chi connectivity index (χ4v) is 2.91. The Morgan fingerprint density at radius 1 is 1.40 bits per heavy atom. The molecule has 2 unspecified atom stereocenters. The van der Waals surface area contributed by atoms with Crippen LogP contribution in [-0.4, -0.2) is 53.7 Å². The molecule has 0 radical (unpaired) electrons. The maximum Gasteiger partial charge on any atom is 0.410 e. The van der Waals surface area contributed by atoms with Crippen molar-refractivity contribution in [3.05, 3.63) is 11.8 Å². The summed E-state index contributed by atoms with van der Waals surface area (Å²) in [5.41, 5.74) is -0.501. The lowest BCUT2D eigenvalue weighted by molar-refractivity contribution is -0.110. The van der Waals surface area contributed by atoms with Crippen LogP contribution < -0.4 is 4.90 Å². The summed E-state index contributed by atoms with van der Waals surface area (Å²) >= 11 is 0. The molecule has 1 fully saturated rings. The SMILES string of the molecule is CC(C)C(C=O)c1cc(N2CCN(C(=O)OC(C)(C)C)CC2C)no1. The normalized spacial score (nSPS) is 19.9. The summed E-state index contributed by atoms with van der Waals surface area (Å²) in [5.74, 6) is 1.15. The number of aromatic nitrogens is 1. The molecule has 2 atom stereocenters. The van der Waals surface area contributed by atoms with E-state index in [9.17, 15) is 9.59 Å². The van der Waals surface area contributed by atoms with Crippen molar-refractivity contribution in [1.82, 2.24) is 10.1 Å². The number of hydrogen-bond acceptors (Lipinski definition) is 6. The first-order valence-corrected chi connectivity index (χ1v) is 8.79. The van der Waals surface area contributed by atoms with E-state index < -0.39 is 5.60 Å². The van der Waals surface area contributed by atoms with Crippen molar-refractivity contribution in [3.8, 4) is 0 Å². The lowest BCUT2D eigenvalue weighted by Gasteiger charge is -2.40. The van der Waals surface area contributed by atoms with Crippen molar-refractivity contribution in [2.24, 2.45) is 5.92 Å². The van der Waals surface area contributed by atoms with Crippen LogP contribution in [0.1, 0.15) is 53.2 Å². The van der Waals surface area contributed by atoms with Crippen molar-refractivity contribution in [2.75, 3.05) is 24.5 Å². The van der Waals surface area contributed by atoms with Gasteiger partial charge in [0.05, 0.1) is 5.92 Å². The third-order valence-electron chi connectivity index (χ3n) is 4.28. The van der Waals surface area contributed by atoms with Crippen molar-refractivity contribution < 1.29 is 18.8 Å². The van der Waals surface area contributed by atoms with Crippen molar-refractivity contribution >= 4 is 18.2 Å². The van der Waals surface area contributed by atoms with E-state index in [0.717, 1.165) is 6.29 Å². The van der Waals surface area contributed by atoms with Gasteiger partial charge in [0.15, 0.2) is 5.82 Å². The van der Waals surface area contributed by atoms with Crippen LogP contribution in [0.3, 0.4) is 0 Å². The Kier molecular flexibility index (Phi) is 5.75. The summed E-state index contributed by atoms with van der Waals surface area (Å²) in [4.78, 5) is 27.3. The van der Waals surface area contributed by atoms with Gasteiger partial charge in [-0.05, 0) is 33.6 Å². The highest BCUT2D eigenvalue weighted by Crippen LogP contribution is 2.28. The maximum atomic E-state index is 12.2. The van der Waals surface area contributed by atoms with E-state index in [1.807, 2.05) is 47.6 Å². The molecular formula is C18H29N3O4. The number of aldehydes is 1. The third-order valence-corrected chi connectivity index (χ3v) is 4.28. The number of anilines is 1. The number of amides is 1. The van der Waals surface area contributed by atoms with Gasteiger partial charge < -0.3 is 23.9 Å². The van der Waals surface area contributed by atoms with Gasteiger partial charge in [-0.2, -0.15) is 0 Å². The molecule has 0 aliphatic carbocycles. The van der Waals surface area contributed by atoms with Crippen LogP contribution in [0.25, 0.3) is 0 Å². The Morgan fingerprint density at radius 2 is 2.08 bits per heavy atom. The maximum absolute atomic E-state index is 12.2. The minimum atomic E-state index is -0.501. The van der Waals surface area contributed by atoms with Gasteiger partial charge in [0.1, 0.15) is 17.6 Å². The molecule has 1 aliphatic heterocycles. The van der Waals surface area contributed by atoms with Crippen molar-refractivity contribution in [1.29, 1.82) is 0 Å². The number of carbonyl (C=O) groups is 2. The molecule has 1 aromatic heterocycles. The van der Waals surface area contributed by atoms with Crippen LogP contribution in [0.5, 0.6) is 0 Å². The molecule has 0 N–H and O–H groups in total. The fraction of sp³-hybridized carbons (Fsp3) is 0.722. The first-order valence-electron chi connectivity index (χ1n) is 8.79. The van der Waals surface area contributed by atoms with E-state index in [0.29, 0.717) is 31.2 Å². The first-order chi connectivity index (χ1) is 11.6. The number of ether oxygens (including phenoxy) is 1. The zero-order valence-corrected chi connectivity index (χ0v) is 16.0. The molecule has 140 valence electrons. The predicted octanol–water partition coefficient (Wildman–Crippen LogP) is 3.06. The molecule has 1 aromatic rings. The second-order valence-corrected chi connectivity index (χ2v) is 7.96.